The minimum atomic E-state index is -0.928. The molecule has 0 aliphatic carbocycles. The van der Waals surface area contributed by atoms with E-state index < -0.39 is 11.9 Å². The molecule has 1 rings (SSSR count). The van der Waals surface area contributed by atoms with Crippen LogP contribution in [0.4, 0.5) is 0 Å². The first-order valence-corrected chi connectivity index (χ1v) is 4.20. The van der Waals surface area contributed by atoms with Crippen LogP contribution >= 0.6 is 0 Å². The summed E-state index contributed by atoms with van der Waals surface area (Å²) >= 11 is 0. The van der Waals surface area contributed by atoms with E-state index in [-0.39, 0.29) is 0 Å². The molecule has 0 radical (unpaired) electrons. The zero-order chi connectivity index (χ0) is 11.3. The van der Waals surface area contributed by atoms with Gasteiger partial charge in [0, 0.05) is 0 Å². The number of nitrogens with zero attached hydrogens (tertiary/aromatic N) is 2. The van der Waals surface area contributed by atoms with Gasteiger partial charge in [0.05, 0.1) is 24.8 Å². The lowest BCUT2D eigenvalue weighted by molar-refractivity contribution is -0.140. The Morgan fingerprint density at radius 1 is 1.33 bits per heavy atom. The number of carbonyl (C=O) groups excluding carboxylic acids is 1. The van der Waals surface area contributed by atoms with Crippen molar-refractivity contribution >= 4 is 5.97 Å². The van der Waals surface area contributed by atoms with Gasteiger partial charge in [-0.05, 0) is 17.7 Å². The lowest BCUT2D eigenvalue weighted by atomic mass is 10.00. The molecule has 4 nitrogen and oxygen atoms in total. The van der Waals surface area contributed by atoms with E-state index in [0.29, 0.717) is 11.1 Å². The number of ether oxygens (including phenoxy) is 1. The van der Waals surface area contributed by atoms with Gasteiger partial charge in [0.25, 0.3) is 0 Å². The largest absolute Gasteiger partial charge is 0.468 e. The average Bonchev–Trinajstić information content (AvgIpc) is 2.30. The monoisotopic (exact) mass is 200 g/mol. The van der Waals surface area contributed by atoms with Gasteiger partial charge in [-0.3, -0.25) is 4.79 Å². The van der Waals surface area contributed by atoms with Gasteiger partial charge >= 0.3 is 5.97 Å². The van der Waals surface area contributed by atoms with Gasteiger partial charge in [0.2, 0.25) is 0 Å². The highest BCUT2D eigenvalue weighted by Crippen LogP contribution is 2.16. The van der Waals surface area contributed by atoms with Gasteiger partial charge < -0.3 is 4.74 Å². The summed E-state index contributed by atoms with van der Waals surface area (Å²) in [6.07, 6.45) is 0. The van der Waals surface area contributed by atoms with Crippen molar-refractivity contribution in [2.45, 2.75) is 5.92 Å². The molecule has 15 heavy (non-hydrogen) atoms. The van der Waals surface area contributed by atoms with Crippen LogP contribution in [0, 0.1) is 22.7 Å². The van der Waals surface area contributed by atoms with E-state index in [1.807, 2.05) is 12.1 Å². The molecule has 0 N–H and O–H groups in total. The predicted octanol–water partition coefficient (Wildman–Crippen LogP) is 1.34. The number of rotatable bonds is 2. The Hall–Kier alpha value is -2.33. The van der Waals surface area contributed by atoms with Crippen LogP contribution in [0.1, 0.15) is 17.0 Å². The molecule has 0 aromatic heterocycles. The van der Waals surface area contributed by atoms with Crippen molar-refractivity contribution in [3.05, 3.63) is 35.4 Å². The summed E-state index contributed by atoms with van der Waals surface area (Å²) in [4.78, 5) is 11.2. The minimum Gasteiger partial charge on any atom is -0.468 e. The molecule has 1 atom stereocenters. The molecule has 0 spiro atoms. The van der Waals surface area contributed by atoms with E-state index in [1.165, 1.54) is 7.11 Å². The van der Waals surface area contributed by atoms with E-state index in [2.05, 4.69) is 4.74 Å². The normalized spacial score (nSPS) is 10.9. The molecule has 0 bridgehead atoms. The molecule has 1 aromatic carbocycles. The van der Waals surface area contributed by atoms with Gasteiger partial charge in [-0.1, -0.05) is 12.1 Å². The van der Waals surface area contributed by atoms with Crippen molar-refractivity contribution in [1.29, 1.82) is 10.5 Å². The van der Waals surface area contributed by atoms with Crippen LogP contribution in [0.5, 0.6) is 0 Å². The van der Waals surface area contributed by atoms with Crippen molar-refractivity contribution in [3.63, 3.8) is 0 Å². The third-order valence-corrected chi connectivity index (χ3v) is 1.94. The second-order valence-corrected chi connectivity index (χ2v) is 2.82. The van der Waals surface area contributed by atoms with Crippen LogP contribution in [0.2, 0.25) is 0 Å². The molecule has 0 fully saturated rings. The number of benzene rings is 1. The summed E-state index contributed by atoms with van der Waals surface area (Å²) in [5.41, 5.74) is 1.02. The zero-order valence-corrected chi connectivity index (χ0v) is 8.10. The fourth-order valence-electron chi connectivity index (χ4n) is 1.13. The maximum Gasteiger partial charge on any atom is 0.327 e. The Bertz CT molecular complexity index is 437. The van der Waals surface area contributed by atoms with Crippen molar-refractivity contribution in [1.82, 2.24) is 0 Å². The molecule has 4 heteroatoms. The molecule has 0 aliphatic rings. The standard InChI is InChI=1S/C11H8N2O2/c1-15-11(14)10(7-13)9-4-2-8(6-12)3-5-9/h2-5,10H,1H3. The van der Waals surface area contributed by atoms with Gasteiger partial charge in [-0.15, -0.1) is 0 Å². The highest BCUT2D eigenvalue weighted by atomic mass is 16.5. The van der Waals surface area contributed by atoms with E-state index in [1.54, 1.807) is 24.3 Å². The molecular weight excluding hydrogens is 192 g/mol. The minimum absolute atomic E-state index is 0.486. The second-order valence-electron chi connectivity index (χ2n) is 2.82. The topological polar surface area (TPSA) is 73.9 Å². The highest BCUT2D eigenvalue weighted by Gasteiger charge is 2.20. The second kappa shape index (κ2) is 4.78. The number of nitriles is 2. The molecular formula is C11H8N2O2. The third-order valence-electron chi connectivity index (χ3n) is 1.94. The zero-order valence-electron chi connectivity index (χ0n) is 8.10. The quantitative estimate of drug-likeness (QED) is 0.675. The summed E-state index contributed by atoms with van der Waals surface area (Å²) in [5, 5.41) is 17.4. The Balaban J connectivity index is 3.00. The fourth-order valence-corrected chi connectivity index (χ4v) is 1.13. The first-order valence-electron chi connectivity index (χ1n) is 4.20. The van der Waals surface area contributed by atoms with Crippen LogP contribution in [0.15, 0.2) is 24.3 Å². The van der Waals surface area contributed by atoms with Crippen molar-refractivity contribution in [2.75, 3.05) is 7.11 Å². The molecule has 0 saturated carbocycles. The first kappa shape index (κ1) is 10.7. The molecule has 0 heterocycles. The maximum absolute atomic E-state index is 11.2. The van der Waals surface area contributed by atoms with E-state index in [0.717, 1.165) is 0 Å². The third kappa shape index (κ3) is 2.32. The van der Waals surface area contributed by atoms with E-state index >= 15 is 0 Å². The van der Waals surface area contributed by atoms with Gasteiger partial charge in [0.1, 0.15) is 0 Å². The van der Waals surface area contributed by atoms with Gasteiger partial charge in [-0.25, -0.2) is 0 Å². The lowest BCUT2D eigenvalue weighted by Gasteiger charge is -2.06. The number of hydrogen-bond donors (Lipinski definition) is 0. The highest BCUT2D eigenvalue weighted by molar-refractivity contribution is 5.81. The molecule has 0 amide bonds. The predicted molar refractivity (Wildman–Crippen MR) is 51.5 cm³/mol. The number of carbonyl (C=O) groups is 1. The van der Waals surface area contributed by atoms with Gasteiger partial charge in [0.15, 0.2) is 5.92 Å². The Labute approximate surface area is 87.3 Å². The number of methoxy groups -OCH3 is 1. The van der Waals surface area contributed by atoms with Crippen LogP contribution < -0.4 is 0 Å². The van der Waals surface area contributed by atoms with Crippen LogP contribution in [0.25, 0.3) is 0 Å². The van der Waals surface area contributed by atoms with Crippen molar-refractivity contribution < 1.29 is 9.53 Å². The summed E-state index contributed by atoms with van der Waals surface area (Å²) < 4.78 is 4.49. The summed E-state index contributed by atoms with van der Waals surface area (Å²) in [7, 11) is 1.23. The average molecular weight is 200 g/mol. The van der Waals surface area contributed by atoms with Crippen molar-refractivity contribution in [2.24, 2.45) is 0 Å². The molecule has 0 saturated heterocycles. The summed E-state index contributed by atoms with van der Waals surface area (Å²) in [5.74, 6) is -1.52. The Morgan fingerprint density at radius 3 is 2.33 bits per heavy atom. The maximum atomic E-state index is 11.2. The number of hydrogen-bond acceptors (Lipinski definition) is 4. The van der Waals surface area contributed by atoms with Crippen LogP contribution in [0.3, 0.4) is 0 Å². The Morgan fingerprint density at radius 2 is 1.93 bits per heavy atom. The number of esters is 1. The smallest absolute Gasteiger partial charge is 0.327 e. The molecule has 1 unspecified atom stereocenters. The van der Waals surface area contributed by atoms with E-state index in [9.17, 15) is 4.79 Å². The van der Waals surface area contributed by atoms with Crippen molar-refractivity contribution in [3.8, 4) is 12.1 Å². The molecule has 1 aromatic rings. The van der Waals surface area contributed by atoms with E-state index in [4.69, 9.17) is 10.5 Å². The lowest BCUT2D eigenvalue weighted by Crippen LogP contribution is -2.12. The van der Waals surface area contributed by atoms with Gasteiger partial charge in [-0.2, -0.15) is 10.5 Å². The summed E-state index contributed by atoms with van der Waals surface area (Å²) in [6, 6.07) is 10.1. The summed E-state index contributed by atoms with van der Waals surface area (Å²) in [6.45, 7) is 0. The van der Waals surface area contributed by atoms with Crippen LogP contribution in [-0.4, -0.2) is 13.1 Å². The molecule has 74 valence electrons. The first-order chi connectivity index (χ1) is 7.22. The van der Waals surface area contributed by atoms with Crippen LogP contribution in [-0.2, 0) is 9.53 Å². The SMILES string of the molecule is COC(=O)C(C#N)c1ccc(C#N)cc1. The fraction of sp³-hybridized carbons (Fsp3) is 0.182. The Kier molecular flexibility index (Phi) is 3.43. The molecule has 0 aliphatic heterocycles.